The summed E-state index contributed by atoms with van der Waals surface area (Å²) in [5.74, 6) is 0.0121. The molecule has 0 unspecified atom stereocenters. The minimum absolute atomic E-state index is 0.0121. The lowest BCUT2D eigenvalue weighted by Gasteiger charge is -2.24. The number of carbonyl (C=O) groups is 1. The number of amides is 1. The topological polar surface area (TPSA) is 35.9 Å². The van der Waals surface area contributed by atoms with Gasteiger partial charge in [-0.3, -0.25) is 9.69 Å². The summed E-state index contributed by atoms with van der Waals surface area (Å²) in [4.78, 5) is 15.4. The molecule has 164 valence electrons. The first-order chi connectivity index (χ1) is 16.2. The summed E-state index contributed by atoms with van der Waals surface area (Å²) in [6.07, 6.45) is 0.705. The van der Waals surface area contributed by atoms with Crippen LogP contribution in [0, 0.1) is 0 Å². The summed E-state index contributed by atoms with van der Waals surface area (Å²) in [6.45, 7) is 1.03. The van der Waals surface area contributed by atoms with Crippen LogP contribution >= 0.6 is 0 Å². The van der Waals surface area contributed by atoms with E-state index in [9.17, 15) is 4.79 Å². The number of benzene rings is 4. The third-order valence-electron chi connectivity index (χ3n) is 6.13. The van der Waals surface area contributed by atoms with Gasteiger partial charge >= 0.3 is 0 Å². The SMILES string of the molecule is CN(CC(=O)N1N=C(c2ccc3ccccc3c2)C[C@H]1c1ccccc1)Cc1ccccc1. The molecule has 1 amide bonds. The highest BCUT2D eigenvalue weighted by atomic mass is 16.2. The van der Waals surface area contributed by atoms with Crippen LogP contribution in [-0.4, -0.2) is 35.1 Å². The van der Waals surface area contributed by atoms with Crippen LogP contribution in [-0.2, 0) is 11.3 Å². The van der Waals surface area contributed by atoms with Gasteiger partial charge in [-0.1, -0.05) is 97.1 Å². The van der Waals surface area contributed by atoms with Crippen molar-refractivity contribution >= 4 is 22.4 Å². The highest BCUT2D eigenvalue weighted by Gasteiger charge is 2.33. The molecular weight excluding hydrogens is 406 g/mol. The van der Waals surface area contributed by atoms with E-state index in [1.807, 2.05) is 60.5 Å². The number of hydrazone groups is 1. The van der Waals surface area contributed by atoms with Crippen molar-refractivity contribution < 1.29 is 4.79 Å². The average Bonchev–Trinajstić information content (AvgIpc) is 3.31. The minimum Gasteiger partial charge on any atom is -0.293 e. The molecule has 0 fully saturated rings. The van der Waals surface area contributed by atoms with Crippen molar-refractivity contribution in [1.82, 2.24) is 9.91 Å². The van der Waals surface area contributed by atoms with E-state index in [-0.39, 0.29) is 11.9 Å². The molecule has 4 aromatic carbocycles. The molecular formula is C29H27N3O. The first-order valence-electron chi connectivity index (χ1n) is 11.3. The Hall–Kier alpha value is -3.76. The van der Waals surface area contributed by atoms with E-state index in [4.69, 9.17) is 5.10 Å². The van der Waals surface area contributed by atoms with E-state index in [0.29, 0.717) is 13.0 Å². The standard InChI is InChI=1S/C29H27N3O/c1-31(20-22-10-4-2-5-11-22)21-29(33)32-28(24-13-6-3-7-14-24)19-27(30-32)26-17-16-23-12-8-9-15-25(23)18-26/h2-18,28H,19-21H2,1H3/t28-/m0/s1. The molecule has 0 saturated heterocycles. The van der Waals surface area contributed by atoms with Crippen LogP contribution in [0.4, 0.5) is 0 Å². The van der Waals surface area contributed by atoms with Gasteiger partial charge in [0, 0.05) is 13.0 Å². The molecule has 4 aromatic rings. The fourth-order valence-electron chi connectivity index (χ4n) is 4.47. The van der Waals surface area contributed by atoms with Crippen molar-refractivity contribution in [2.75, 3.05) is 13.6 Å². The zero-order valence-electron chi connectivity index (χ0n) is 18.8. The van der Waals surface area contributed by atoms with Gasteiger partial charge < -0.3 is 0 Å². The zero-order valence-corrected chi connectivity index (χ0v) is 18.8. The van der Waals surface area contributed by atoms with Crippen LogP contribution in [0.3, 0.4) is 0 Å². The number of carbonyl (C=O) groups excluding carboxylic acids is 1. The van der Waals surface area contributed by atoms with Crippen LogP contribution in [0.5, 0.6) is 0 Å². The molecule has 0 spiro atoms. The molecule has 1 atom stereocenters. The summed E-state index contributed by atoms with van der Waals surface area (Å²) < 4.78 is 0. The maximum absolute atomic E-state index is 13.4. The molecule has 0 aromatic heterocycles. The van der Waals surface area contributed by atoms with Crippen molar-refractivity contribution in [3.63, 3.8) is 0 Å². The Balaban J connectivity index is 1.41. The van der Waals surface area contributed by atoms with Gasteiger partial charge in [0.25, 0.3) is 5.91 Å². The predicted molar refractivity (Wildman–Crippen MR) is 134 cm³/mol. The van der Waals surface area contributed by atoms with E-state index < -0.39 is 0 Å². The Labute approximate surface area is 194 Å². The van der Waals surface area contributed by atoms with Gasteiger partial charge in [-0.05, 0) is 40.6 Å². The molecule has 1 aliphatic heterocycles. The van der Waals surface area contributed by atoms with Crippen molar-refractivity contribution in [3.05, 3.63) is 120 Å². The minimum atomic E-state index is -0.0923. The predicted octanol–water partition coefficient (Wildman–Crippen LogP) is 5.65. The Morgan fingerprint density at radius 3 is 2.30 bits per heavy atom. The number of hydrogen-bond acceptors (Lipinski definition) is 3. The van der Waals surface area contributed by atoms with Gasteiger partial charge in [-0.25, -0.2) is 5.01 Å². The first-order valence-corrected chi connectivity index (χ1v) is 11.3. The van der Waals surface area contributed by atoms with Crippen LogP contribution in [0.15, 0.2) is 108 Å². The lowest BCUT2D eigenvalue weighted by atomic mass is 9.97. The fraction of sp³-hybridized carbons (Fsp3) is 0.172. The van der Waals surface area contributed by atoms with Crippen LogP contribution in [0.1, 0.15) is 29.2 Å². The molecule has 0 radical (unpaired) electrons. The number of nitrogens with zero attached hydrogens (tertiary/aromatic N) is 3. The summed E-state index contributed by atoms with van der Waals surface area (Å²) in [5, 5.41) is 8.94. The maximum Gasteiger partial charge on any atom is 0.257 e. The maximum atomic E-state index is 13.4. The van der Waals surface area contributed by atoms with E-state index in [1.165, 1.54) is 16.3 Å². The third-order valence-corrected chi connectivity index (χ3v) is 6.13. The zero-order chi connectivity index (χ0) is 22.6. The molecule has 33 heavy (non-hydrogen) atoms. The Morgan fingerprint density at radius 2 is 1.55 bits per heavy atom. The lowest BCUT2D eigenvalue weighted by molar-refractivity contribution is -0.134. The van der Waals surface area contributed by atoms with Crippen molar-refractivity contribution in [2.45, 2.75) is 19.0 Å². The van der Waals surface area contributed by atoms with Gasteiger partial charge in [-0.15, -0.1) is 0 Å². The highest BCUT2D eigenvalue weighted by molar-refractivity contribution is 6.05. The van der Waals surface area contributed by atoms with Gasteiger partial charge in [0.05, 0.1) is 18.3 Å². The number of rotatable bonds is 6. The van der Waals surface area contributed by atoms with Crippen molar-refractivity contribution in [3.8, 4) is 0 Å². The lowest BCUT2D eigenvalue weighted by Crippen LogP contribution is -2.36. The van der Waals surface area contributed by atoms with E-state index >= 15 is 0 Å². The molecule has 1 aliphatic rings. The van der Waals surface area contributed by atoms with E-state index in [1.54, 1.807) is 5.01 Å². The first kappa shape index (κ1) is 21.1. The monoisotopic (exact) mass is 433 g/mol. The molecule has 0 aliphatic carbocycles. The second kappa shape index (κ2) is 9.39. The number of likely N-dealkylation sites (N-methyl/N-ethyl adjacent to an activating group) is 1. The quantitative estimate of drug-likeness (QED) is 0.394. The van der Waals surface area contributed by atoms with Gasteiger partial charge in [0.15, 0.2) is 0 Å². The van der Waals surface area contributed by atoms with Gasteiger partial charge in [-0.2, -0.15) is 5.10 Å². The Kier molecular flexibility index (Phi) is 6.01. The van der Waals surface area contributed by atoms with Crippen LogP contribution < -0.4 is 0 Å². The van der Waals surface area contributed by atoms with Crippen molar-refractivity contribution in [1.29, 1.82) is 0 Å². The third kappa shape index (κ3) is 4.71. The Bertz CT molecular complexity index is 1280. The smallest absolute Gasteiger partial charge is 0.257 e. The second-order valence-corrected chi connectivity index (χ2v) is 8.64. The largest absolute Gasteiger partial charge is 0.293 e. The fourth-order valence-corrected chi connectivity index (χ4v) is 4.47. The average molecular weight is 434 g/mol. The Morgan fingerprint density at radius 1 is 0.879 bits per heavy atom. The normalized spacial score (nSPS) is 15.8. The summed E-state index contributed by atoms with van der Waals surface area (Å²) in [6, 6.07) is 35.1. The van der Waals surface area contributed by atoms with E-state index in [2.05, 4.69) is 54.6 Å². The van der Waals surface area contributed by atoms with Crippen LogP contribution in [0.2, 0.25) is 0 Å². The molecule has 4 nitrogen and oxygen atoms in total. The number of hydrogen-bond donors (Lipinski definition) is 0. The summed E-state index contributed by atoms with van der Waals surface area (Å²) in [7, 11) is 1.98. The molecule has 4 heteroatoms. The molecule has 5 rings (SSSR count). The second-order valence-electron chi connectivity index (χ2n) is 8.64. The van der Waals surface area contributed by atoms with Crippen molar-refractivity contribution in [2.24, 2.45) is 5.10 Å². The van der Waals surface area contributed by atoms with Gasteiger partial charge in [0.1, 0.15) is 0 Å². The molecule has 0 bridgehead atoms. The van der Waals surface area contributed by atoms with E-state index in [0.717, 1.165) is 23.4 Å². The molecule has 1 heterocycles. The van der Waals surface area contributed by atoms with Crippen LogP contribution in [0.25, 0.3) is 10.8 Å². The summed E-state index contributed by atoms with van der Waals surface area (Å²) in [5.41, 5.74) is 4.32. The molecule has 0 N–H and O–H groups in total. The molecule has 0 saturated carbocycles. The highest BCUT2D eigenvalue weighted by Crippen LogP contribution is 2.33. The summed E-state index contributed by atoms with van der Waals surface area (Å²) >= 11 is 0. The van der Waals surface area contributed by atoms with Gasteiger partial charge in [0.2, 0.25) is 0 Å². The number of fused-ring (bicyclic) bond motifs is 1.